The second kappa shape index (κ2) is 16.3. The number of hydrogen-bond acceptors (Lipinski definition) is 6. The van der Waals surface area contributed by atoms with E-state index in [0.717, 1.165) is 24.8 Å². The lowest BCUT2D eigenvalue weighted by Gasteiger charge is -2.34. The normalized spacial score (nSPS) is 12.8. The van der Waals surface area contributed by atoms with Gasteiger partial charge in [0.1, 0.15) is 17.7 Å². The van der Waals surface area contributed by atoms with Crippen LogP contribution in [0, 0.1) is 0 Å². The first-order valence-electron chi connectivity index (χ1n) is 12.5. The maximum atomic E-state index is 13.8. The number of alkyl carbamates (subject to hydrolysis) is 1. The minimum Gasteiger partial charge on any atom is -0.444 e. The molecule has 1 aromatic carbocycles. The van der Waals surface area contributed by atoms with Crippen LogP contribution in [-0.4, -0.2) is 71.3 Å². The van der Waals surface area contributed by atoms with E-state index in [1.54, 1.807) is 56.8 Å². The van der Waals surface area contributed by atoms with E-state index in [4.69, 9.17) is 4.74 Å². The van der Waals surface area contributed by atoms with Crippen molar-refractivity contribution in [3.05, 3.63) is 42.0 Å². The number of ether oxygens (including phenoxy) is 1. The van der Waals surface area contributed by atoms with E-state index in [1.165, 1.54) is 4.90 Å². The standard InChI is InChI=1S/C27H43N3O5S/c1-7-9-10-15-28-24(32)23(21-13-11-12-20(8-2)19-21)30(16-17-31)25(33)22(14-18-36-6)29-26(34)35-27(3,4)5/h8,11-13,19,22-23,31H,2,7,9-10,14-18H2,1,3-6H3,(H,28,32)(H,29,34). The van der Waals surface area contributed by atoms with Crippen LogP contribution in [0.1, 0.15) is 70.5 Å². The maximum absolute atomic E-state index is 13.8. The van der Waals surface area contributed by atoms with Crippen molar-refractivity contribution in [3.8, 4) is 0 Å². The van der Waals surface area contributed by atoms with Gasteiger partial charge in [0.25, 0.3) is 0 Å². The van der Waals surface area contributed by atoms with Crippen LogP contribution in [0.25, 0.3) is 6.08 Å². The first-order valence-corrected chi connectivity index (χ1v) is 13.9. The Morgan fingerprint density at radius 3 is 2.56 bits per heavy atom. The molecule has 0 saturated carbocycles. The molecule has 0 aliphatic heterocycles. The summed E-state index contributed by atoms with van der Waals surface area (Å²) in [5.74, 6) is -0.185. The zero-order valence-corrected chi connectivity index (χ0v) is 23.2. The van der Waals surface area contributed by atoms with Gasteiger partial charge >= 0.3 is 6.09 Å². The van der Waals surface area contributed by atoms with E-state index in [9.17, 15) is 19.5 Å². The highest BCUT2D eigenvalue weighted by Gasteiger charge is 2.35. The van der Waals surface area contributed by atoms with Gasteiger partial charge in [-0.3, -0.25) is 9.59 Å². The minimum absolute atomic E-state index is 0.0734. The molecule has 0 aliphatic rings. The summed E-state index contributed by atoms with van der Waals surface area (Å²) in [5.41, 5.74) is 0.676. The molecule has 3 N–H and O–H groups in total. The summed E-state index contributed by atoms with van der Waals surface area (Å²) in [6.45, 7) is 11.2. The molecule has 0 heterocycles. The number of amides is 3. The SMILES string of the molecule is C=Cc1cccc(C(C(=O)NCCCCC)N(CCO)C(=O)C(CCSC)NC(=O)OC(C)(C)C)c1. The summed E-state index contributed by atoms with van der Waals surface area (Å²) >= 11 is 1.54. The largest absolute Gasteiger partial charge is 0.444 e. The number of carbonyl (C=O) groups excluding carboxylic acids is 3. The van der Waals surface area contributed by atoms with E-state index in [1.807, 2.05) is 12.3 Å². The molecular formula is C27H43N3O5S. The fourth-order valence-corrected chi connectivity index (χ4v) is 4.10. The van der Waals surface area contributed by atoms with Crippen LogP contribution < -0.4 is 10.6 Å². The molecule has 0 fully saturated rings. The Bertz CT molecular complexity index is 856. The highest BCUT2D eigenvalue weighted by molar-refractivity contribution is 7.98. The Balaban J connectivity index is 3.37. The number of nitrogens with one attached hydrogen (secondary N) is 2. The van der Waals surface area contributed by atoms with Crippen molar-refractivity contribution in [2.24, 2.45) is 0 Å². The van der Waals surface area contributed by atoms with Crippen molar-refractivity contribution < 1.29 is 24.2 Å². The summed E-state index contributed by atoms with van der Waals surface area (Å²) < 4.78 is 5.37. The van der Waals surface area contributed by atoms with Crippen LogP contribution in [0.3, 0.4) is 0 Å². The van der Waals surface area contributed by atoms with Crippen LogP contribution in [-0.2, 0) is 14.3 Å². The molecule has 0 aliphatic carbocycles. The van der Waals surface area contributed by atoms with E-state index in [2.05, 4.69) is 24.1 Å². The van der Waals surface area contributed by atoms with Crippen molar-refractivity contribution in [1.29, 1.82) is 0 Å². The van der Waals surface area contributed by atoms with Crippen molar-refractivity contribution in [1.82, 2.24) is 15.5 Å². The van der Waals surface area contributed by atoms with Crippen LogP contribution in [0.2, 0.25) is 0 Å². The zero-order valence-electron chi connectivity index (χ0n) is 22.3. The van der Waals surface area contributed by atoms with Gasteiger partial charge in [-0.2, -0.15) is 11.8 Å². The van der Waals surface area contributed by atoms with Gasteiger partial charge in [0, 0.05) is 13.1 Å². The van der Waals surface area contributed by atoms with Crippen molar-refractivity contribution >= 4 is 35.7 Å². The number of thioether (sulfide) groups is 1. The molecule has 8 nitrogen and oxygen atoms in total. The van der Waals surface area contributed by atoms with E-state index in [-0.39, 0.29) is 19.1 Å². The first-order chi connectivity index (χ1) is 17.1. The molecule has 2 atom stereocenters. The lowest BCUT2D eigenvalue weighted by atomic mass is 10.00. The molecule has 0 aromatic heterocycles. The summed E-state index contributed by atoms with van der Waals surface area (Å²) in [4.78, 5) is 41.1. The van der Waals surface area contributed by atoms with Gasteiger partial charge < -0.3 is 25.4 Å². The average Bonchev–Trinajstić information content (AvgIpc) is 2.82. The molecule has 2 unspecified atom stereocenters. The van der Waals surface area contributed by atoms with Crippen molar-refractivity contribution in [2.75, 3.05) is 31.7 Å². The van der Waals surface area contributed by atoms with Gasteiger partial charge in [-0.15, -0.1) is 0 Å². The van der Waals surface area contributed by atoms with Gasteiger partial charge in [0.2, 0.25) is 11.8 Å². The molecule has 0 saturated heterocycles. The van der Waals surface area contributed by atoms with Gasteiger partial charge in [0.15, 0.2) is 0 Å². The second-order valence-corrected chi connectivity index (χ2v) is 10.5. The third-order valence-corrected chi connectivity index (χ3v) is 5.97. The maximum Gasteiger partial charge on any atom is 0.408 e. The third-order valence-electron chi connectivity index (χ3n) is 5.33. The fraction of sp³-hybridized carbons (Fsp3) is 0.593. The lowest BCUT2D eigenvalue weighted by Crippen LogP contribution is -2.54. The number of benzene rings is 1. The number of carbonyl (C=O) groups is 3. The summed E-state index contributed by atoms with van der Waals surface area (Å²) in [7, 11) is 0. The van der Waals surface area contributed by atoms with Crippen LogP contribution in [0.5, 0.6) is 0 Å². The van der Waals surface area contributed by atoms with Gasteiger partial charge in [-0.1, -0.05) is 50.6 Å². The van der Waals surface area contributed by atoms with Crippen LogP contribution in [0.15, 0.2) is 30.8 Å². The van der Waals surface area contributed by atoms with Gasteiger partial charge in [-0.05, 0) is 62.8 Å². The molecule has 0 radical (unpaired) electrons. The molecule has 9 heteroatoms. The molecule has 1 rings (SSSR count). The average molecular weight is 522 g/mol. The Morgan fingerprint density at radius 2 is 1.97 bits per heavy atom. The minimum atomic E-state index is -0.983. The Morgan fingerprint density at radius 1 is 1.25 bits per heavy atom. The summed E-state index contributed by atoms with van der Waals surface area (Å²) in [6, 6.07) is 5.34. The molecule has 0 bridgehead atoms. The molecule has 0 spiro atoms. The van der Waals surface area contributed by atoms with Crippen LogP contribution in [0.4, 0.5) is 4.79 Å². The predicted molar refractivity (Wildman–Crippen MR) is 147 cm³/mol. The Kier molecular flexibility index (Phi) is 14.2. The summed E-state index contributed by atoms with van der Waals surface area (Å²) in [5, 5.41) is 15.5. The van der Waals surface area contributed by atoms with Crippen LogP contribution >= 0.6 is 11.8 Å². The second-order valence-electron chi connectivity index (χ2n) is 9.51. The molecule has 202 valence electrons. The highest BCUT2D eigenvalue weighted by atomic mass is 32.2. The number of nitrogens with zero attached hydrogens (tertiary/aromatic N) is 1. The molecule has 1 aromatic rings. The summed E-state index contributed by atoms with van der Waals surface area (Å²) in [6.07, 6.45) is 6.04. The quantitative estimate of drug-likeness (QED) is 0.299. The van der Waals surface area contributed by atoms with E-state index >= 15 is 0 Å². The Hall–Kier alpha value is -2.52. The molecule has 36 heavy (non-hydrogen) atoms. The first kappa shape index (κ1) is 31.5. The number of rotatable bonds is 15. The number of hydrogen-bond donors (Lipinski definition) is 3. The lowest BCUT2D eigenvalue weighted by molar-refractivity contribution is -0.143. The zero-order chi connectivity index (χ0) is 27.1. The number of aliphatic hydroxyl groups is 1. The van der Waals surface area contributed by atoms with E-state index < -0.39 is 29.7 Å². The fourth-order valence-electron chi connectivity index (χ4n) is 3.63. The predicted octanol–water partition coefficient (Wildman–Crippen LogP) is 4.14. The number of aliphatic hydroxyl groups excluding tert-OH is 1. The molecule has 3 amide bonds. The highest BCUT2D eigenvalue weighted by Crippen LogP contribution is 2.24. The van der Waals surface area contributed by atoms with E-state index in [0.29, 0.717) is 24.3 Å². The molecular weight excluding hydrogens is 478 g/mol. The Labute approximate surface area is 220 Å². The third kappa shape index (κ3) is 11.0. The van der Waals surface area contributed by atoms with Gasteiger partial charge in [0.05, 0.1) is 6.61 Å². The monoisotopic (exact) mass is 521 g/mol. The topological polar surface area (TPSA) is 108 Å². The number of unbranched alkanes of at least 4 members (excludes halogenated alkanes) is 2. The van der Waals surface area contributed by atoms with Gasteiger partial charge in [-0.25, -0.2) is 4.79 Å². The smallest absolute Gasteiger partial charge is 0.408 e. The van der Waals surface area contributed by atoms with Crippen molar-refractivity contribution in [3.63, 3.8) is 0 Å². The van der Waals surface area contributed by atoms with Crippen molar-refractivity contribution in [2.45, 2.75) is 71.1 Å².